The molecule has 72 valence electrons. The van der Waals surface area contributed by atoms with E-state index in [1.807, 2.05) is 0 Å². The number of aliphatic hydroxyl groups is 3. The van der Waals surface area contributed by atoms with E-state index in [0.29, 0.717) is 0 Å². The minimum absolute atomic E-state index is 0.0298. The molecule has 0 aliphatic carbocycles. The highest BCUT2D eigenvalue weighted by molar-refractivity contribution is 4.91. The van der Waals surface area contributed by atoms with Gasteiger partial charge in [0.05, 0.1) is 6.04 Å². The van der Waals surface area contributed by atoms with Crippen molar-refractivity contribution in [1.82, 2.24) is 0 Å². The Morgan fingerprint density at radius 2 is 1.75 bits per heavy atom. The molecule has 1 heterocycles. The molecule has 5 atom stereocenters. The van der Waals surface area contributed by atoms with Gasteiger partial charge in [0.1, 0.15) is 18.3 Å². The second-order valence-electron chi connectivity index (χ2n) is 2.86. The van der Waals surface area contributed by atoms with E-state index in [2.05, 4.69) is 0 Å². The van der Waals surface area contributed by atoms with Crippen LogP contribution in [0, 0.1) is 0 Å². The lowest BCUT2D eigenvalue weighted by Gasteiger charge is -2.38. The molecule has 0 saturated carbocycles. The molecule has 0 aromatic heterocycles. The molecule has 1 fully saturated rings. The lowest BCUT2D eigenvalue weighted by Crippen LogP contribution is -2.62. The van der Waals surface area contributed by atoms with Gasteiger partial charge in [0.15, 0.2) is 6.29 Å². The second kappa shape index (κ2) is 3.65. The van der Waals surface area contributed by atoms with Crippen LogP contribution in [-0.2, 0) is 4.74 Å². The van der Waals surface area contributed by atoms with E-state index < -0.39 is 30.6 Å². The van der Waals surface area contributed by atoms with E-state index in [4.69, 9.17) is 21.3 Å². The lowest BCUT2D eigenvalue weighted by molar-refractivity contribution is -0.238. The summed E-state index contributed by atoms with van der Waals surface area (Å²) in [7, 11) is 0. The predicted octanol–water partition coefficient (Wildman–Crippen LogP) is -3.29. The van der Waals surface area contributed by atoms with Crippen LogP contribution < -0.4 is 11.5 Å². The summed E-state index contributed by atoms with van der Waals surface area (Å²) >= 11 is 0. The summed E-state index contributed by atoms with van der Waals surface area (Å²) in [5.74, 6) is 0. The van der Waals surface area contributed by atoms with Gasteiger partial charge in [-0.25, -0.2) is 0 Å². The Kier molecular flexibility index (Phi) is 2.99. The third kappa shape index (κ3) is 1.58. The highest BCUT2D eigenvalue weighted by Gasteiger charge is 2.41. The maximum Gasteiger partial charge on any atom is 0.172 e. The number of aliphatic hydroxyl groups excluding tert-OH is 3. The van der Waals surface area contributed by atoms with Crippen molar-refractivity contribution < 1.29 is 20.1 Å². The quantitative estimate of drug-likeness (QED) is 0.287. The van der Waals surface area contributed by atoms with E-state index in [-0.39, 0.29) is 6.54 Å². The largest absolute Gasteiger partial charge is 0.388 e. The van der Waals surface area contributed by atoms with Crippen molar-refractivity contribution in [1.29, 1.82) is 0 Å². The summed E-state index contributed by atoms with van der Waals surface area (Å²) < 4.78 is 4.83. The van der Waals surface area contributed by atoms with Gasteiger partial charge < -0.3 is 31.5 Å². The monoisotopic (exact) mass is 178 g/mol. The van der Waals surface area contributed by atoms with Gasteiger partial charge in [0.2, 0.25) is 0 Å². The molecule has 0 radical (unpaired) electrons. The Balaban J connectivity index is 2.63. The van der Waals surface area contributed by atoms with Crippen LogP contribution in [0.5, 0.6) is 0 Å². The lowest BCUT2D eigenvalue weighted by atomic mass is 9.98. The molecule has 0 spiro atoms. The molecule has 7 N–H and O–H groups in total. The average Bonchev–Trinajstić information content (AvgIpc) is 2.08. The van der Waals surface area contributed by atoms with Crippen molar-refractivity contribution in [3.05, 3.63) is 0 Å². The van der Waals surface area contributed by atoms with Crippen LogP contribution in [0.3, 0.4) is 0 Å². The Hall–Kier alpha value is -0.240. The Morgan fingerprint density at radius 1 is 1.17 bits per heavy atom. The highest BCUT2D eigenvalue weighted by atomic mass is 16.6. The molecule has 1 aliphatic heterocycles. The van der Waals surface area contributed by atoms with Gasteiger partial charge in [-0.3, -0.25) is 0 Å². The van der Waals surface area contributed by atoms with Gasteiger partial charge >= 0.3 is 0 Å². The summed E-state index contributed by atoms with van der Waals surface area (Å²) in [5, 5.41) is 27.6. The van der Waals surface area contributed by atoms with Crippen LogP contribution in [-0.4, -0.2) is 52.5 Å². The minimum Gasteiger partial charge on any atom is -0.388 e. The zero-order chi connectivity index (χ0) is 9.30. The number of nitrogens with two attached hydrogens (primary N) is 2. The molecule has 1 saturated heterocycles. The van der Waals surface area contributed by atoms with Crippen LogP contribution in [0.15, 0.2) is 0 Å². The molecule has 1 aliphatic rings. The van der Waals surface area contributed by atoms with Crippen LogP contribution in [0.25, 0.3) is 0 Å². The van der Waals surface area contributed by atoms with E-state index in [1.54, 1.807) is 0 Å². The molecule has 0 aromatic rings. The van der Waals surface area contributed by atoms with Crippen molar-refractivity contribution in [2.75, 3.05) is 6.54 Å². The summed E-state index contributed by atoms with van der Waals surface area (Å²) in [5.41, 5.74) is 10.5. The van der Waals surface area contributed by atoms with Crippen LogP contribution >= 0.6 is 0 Å². The molecule has 0 amide bonds. The SMILES string of the molecule is NC[C@H]1OC(O)[C@H](N)[C@@H](O)[C@H]1O. The summed E-state index contributed by atoms with van der Waals surface area (Å²) in [4.78, 5) is 0. The molecule has 6 nitrogen and oxygen atoms in total. The fourth-order valence-corrected chi connectivity index (χ4v) is 1.16. The average molecular weight is 178 g/mol. The first-order valence-electron chi connectivity index (χ1n) is 3.73. The highest BCUT2D eigenvalue weighted by Crippen LogP contribution is 2.17. The topological polar surface area (TPSA) is 122 Å². The minimum atomic E-state index is -1.27. The predicted molar refractivity (Wildman–Crippen MR) is 39.9 cm³/mol. The number of rotatable bonds is 1. The normalized spacial score (nSPS) is 49.2. The van der Waals surface area contributed by atoms with E-state index in [9.17, 15) is 10.2 Å². The van der Waals surface area contributed by atoms with E-state index in [0.717, 1.165) is 0 Å². The summed E-state index contributed by atoms with van der Waals surface area (Å²) in [6.07, 6.45) is -4.34. The molecule has 0 bridgehead atoms. The second-order valence-corrected chi connectivity index (χ2v) is 2.86. The molecule has 6 heteroatoms. The smallest absolute Gasteiger partial charge is 0.172 e. The molecule has 0 aromatic carbocycles. The molecule has 1 unspecified atom stereocenters. The number of ether oxygens (including phenoxy) is 1. The maximum absolute atomic E-state index is 9.28. The van der Waals surface area contributed by atoms with Gasteiger partial charge in [-0.05, 0) is 0 Å². The maximum atomic E-state index is 9.28. The van der Waals surface area contributed by atoms with Crippen LogP contribution in [0.1, 0.15) is 0 Å². The van der Waals surface area contributed by atoms with Crippen molar-refractivity contribution in [3.63, 3.8) is 0 Å². The van der Waals surface area contributed by atoms with Crippen molar-refractivity contribution in [2.24, 2.45) is 11.5 Å². The Morgan fingerprint density at radius 3 is 2.25 bits per heavy atom. The summed E-state index contributed by atoms with van der Waals surface area (Å²) in [6, 6.07) is -0.984. The third-order valence-electron chi connectivity index (χ3n) is 2.00. The van der Waals surface area contributed by atoms with Gasteiger partial charge in [0.25, 0.3) is 0 Å². The number of hydrogen-bond donors (Lipinski definition) is 5. The van der Waals surface area contributed by atoms with Crippen molar-refractivity contribution in [2.45, 2.75) is 30.6 Å². The fourth-order valence-electron chi connectivity index (χ4n) is 1.16. The van der Waals surface area contributed by atoms with Crippen molar-refractivity contribution >= 4 is 0 Å². The first-order valence-corrected chi connectivity index (χ1v) is 3.73. The first kappa shape index (κ1) is 9.85. The zero-order valence-corrected chi connectivity index (χ0v) is 6.50. The third-order valence-corrected chi connectivity index (χ3v) is 2.00. The number of hydrogen-bond acceptors (Lipinski definition) is 6. The van der Waals surface area contributed by atoms with E-state index in [1.165, 1.54) is 0 Å². The zero-order valence-electron chi connectivity index (χ0n) is 6.50. The Labute approximate surface area is 69.7 Å². The van der Waals surface area contributed by atoms with Crippen molar-refractivity contribution in [3.8, 4) is 0 Å². The van der Waals surface area contributed by atoms with Crippen LogP contribution in [0.2, 0.25) is 0 Å². The first-order chi connectivity index (χ1) is 5.57. The van der Waals surface area contributed by atoms with Gasteiger partial charge in [0, 0.05) is 6.54 Å². The standard InChI is InChI=1S/C6H14N2O4/c7-1-2-4(9)5(10)3(8)6(11)12-2/h2-6,9-11H,1,7-8H2/t2-,3-,4+,5-,6?/m1/s1. The summed E-state index contributed by atoms with van der Waals surface area (Å²) in [6.45, 7) is 0.0298. The molecular formula is C6H14N2O4. The molecule has 1 rings (SSSR count). The molecule has 12 heavy (non-hydrogen) atoms. The van der Waals surface area contributed by atoms with Gasteiger partial charge in [-0.15, -0.1) is 0 Å². The van der Waals surface area contributed by atoms with Gasteiger partial charge in [-0.2, -0.15) is 0 Å². The van der Waals surface area contributed by atoms with E-state index >= 15 is 0 Å². The fraction of sp³-hybridized carbons (Fsp3) is 1.00. The Bertz CT molecular complexity index is 152. The molecular weight excluding hydrogens is 164 g/mol. The van der Waals surface area contributed by atoms with Gasteiger partial charge in [-0.1, -0.05) is 0 Å². The van der Waals surface area contributed by atoms with Crippen LogP contribution in [0.4, 0.5) is 0 Å².